The monoisotopic (exact) mass is 335 g/mol. The van der Waals surface area contributed by atoms with Crippen molar-refractivity contribution in [2.45, 2.75) is 38.8 Å². The molecule has 6 nitrogen and oxygen atoms in total. The van der Waals surface area contributed by atoms with Gasteiger partial charge in [-0.15, -0.1) is 5.10 Å². The minimum absolute atomic E-state index is 0.0691. The molecule has 128 valence electrons. The Labute approximate surface area is 146 Å². The lowest BCUT2D eigenvalue weighted by Crippen LogP contribution is -2.44. The third-order valence-corrected chi connectivity index (χ3v) is 4.90. The summed E-state index contributed by atoms with van der Waals surface area (Å²) >= 11 is 0. The molecule has 1 aliphatic heterocycles. The lowest BCUT2D eigenvalue weighted by atomic mass is 10.0. The van der Waals surface area contributed by atoms with Crippen LogP contribution in [-0.4, -0.2) is 42.9 Å². The van der Waals surface area contributed by atoms with Gasteiger partial charge in [0.05, 0.1) is 17.4 Å². The van der Waals surface area contributed by atoms with Crippen molar-refractivity contribution in [3.63, 3.8) is 0 Å². The predicted octanol–water partition coefficient (Wildman–Crippen LogP) is 2.89. The highest BCUT2D eigenvalue weighted by molar-refractivity contribution is 5.81. The zero-order valence-electron chi connectivity index (χ0n) is 14.5. The molecule has 2 aromatic heterocycles. The van der Waals surface area contributed by atoms with E-state index < -0.39 is 0 Å². The summed E-state index contributed by atoms with van der Waals surface area (Å²) in [5.41, 5.74) is 2.29. The van der Waals surface area contributed by atoms with Gasteiger partial charge < -0.3 is 4.90 Å². The Bertz CT molecular complexity index is 930. The minimum atomic E-state index is -0.0691. The van der Waals surface area contributed by atoms with Gasteiger partial charge in [-0.25, -0.2) is 9.67 Å². The van der Waals surface area contributed by atoms with Gasteiger partial charge in [-0.2, -0.15) is 0 Å². The van der Waals surface area contributed by atoms with E-state index in [0.29, 0.717) is 5.69 Å². The second kappa shape index (κ2) is 5.95. The average molecular weight is 335 g/mol. The summed E-state index contributed by atoms with van der Waals surface area (Å²) in [6.07, 6.45) is 3.89. The molecule has 25 heavy (non-hydrogen) atoms. The van der Waals surface area contributed by atoms with Crippen LogP contribution in [0.3, 0.4) is 0 Å². The molecule has 1 saturated heterocycles. The molecule has 0 aliphatic carbocycles. The highest BCUT2D eigenvalue weighted by atomic mass is 16.2. The molecule has 1 aromatic carbocycles. The molecule has 0 unspecified atom stereocenters. The first-order chi connectivity index (χ1) is 12.0. The molecule has 6 heteroatoms. The number of hydrogen-bond donors (Lipinski definition) is 0. The van der Waals surface area contributed by atoms with Gasteiger partial charge in [-0.05, 0) is 38.8 Å². The fraction of sp³-hybridized carbons (Fsp3) is 0.368. The van der Waals surface area contributed by atoms with Crippen LogP contribution in [0.4, 0.5) is 0 Å². The van der Waals surface area contributed by atoms with Gasteiger partial charge in [0, 0.05) is 17.5 Å². The van der Waals surface area contributed by atoms with Crippen molar-refractivity contribution in [2.24, 2.45) is 0 Å². The molecule has 0 bridgehead atoms. The van der Waals surface area contributed by atoms with Gasteiger partial charge in [0.25, 0.3) is 0 Å². The summed E-state index contributed by atoms with van der Waals surface area (Å²) in [5, 5.41) is 9.39. The Morgan fingerprint density at radius 3 is 2.80 bits per heavy atom. The van der Waals surface area contributed by atoms with Crippen LogP contribution in [-0.2, 0) is 11.3 Å². The van der Waals surface area contributed by atoms with E-state index in [9.17, 15) is 4.79 Å². The van der Waals surface area contributed by atoms with E-state index in [2.05, 4.69) is 29.1 Å². The summed E-state index contributed by atoms with van der Waals surface area (Å²) in [4.78, 5) is 19.1. The number of amides is 1. The fourth-order valence-electron chi connectivity index (χ4n) is 3.50. The summed E-state index contributed by atoms with van der Waals surface area (Å²) in [7, 11) is 0. The van der Waals surface area contributed by atoms with E-state index in [1.807, 2.05) is 41.3 Å². The van der Waals surface area contributed by atoms with Crippen LogP contribution in [0.5, 0.6) is 0 Å². The van der Waals surface area contributed by atoms with Crippen LogP contribution in [0.1, 0.15) is 26.7 Å². The Morgan fingerprint density at radius 2 is 2.00 bits per heavy atom. The summed E-state index contributed by atoms with van der Waals surface area (Å²) < 4.78 is 1.60. The van der Waals surface area contributed by atoms with Gasteiger partial charge in [0.1, 0.15) is 12.2 Å². The number of carbonyl (C=O) groups excluding carboxylic acids is 1. The average Bonchev–Trinajstić information content (AvgIpc) is 3.20. The van der Waals surface area contributed by atoms with Crippen molar-refractivity contribution >= 4 is 16.8 Å². The van der Waals surface area contributed by atoms with Crippen molar-refractivity contribution in [3.8, 4) is 11.4 Å². The molecule has 0 spiro atoms. The number of aromatic nitrogens is 4. The highest BCUT2D eigenvalue weighted by Crippen LogP contribution is 2.28. The Kier molecular flexibility index (Phi) is 3.75. The largest absolute Gasteiger partial charge is 0.336 e. The number of pyridine rings is 1. The van der Waals surface area contributed by atoms with Crippen molar-refractivity contribution < 1.29 is 4.79 Å². The zero-order chi connectivity index (χ0) is 17.4. The molecule has 0 N–H and O–H groups in total. The molecule has 3 heterocycles. The van der Waals surface area contributed by atoms with Gasteiger partial charge in [-0.3, -0.25) is 4.79 Å². The highest BCUT2D eigenvalue weighted by Gasteiger charge is 2.35. The standard InChI is InChI=1S/C19H21N5O/c1-19(2)10-5-11-24(19)18(25)13-23-12-17(21-22-23)16-9-8-14-6-3-4-7-15(14)20-16/h3-4,6-9,12H,5,10-11,13H2,1-2H3. The number of fused-ring (bicyclic) bond motifs is 1. The molecule has 0 atom stereocenters. The van der Waals surface area contributed by atoms with Gasteiger partial charge in [-0.1, -0.05) is 29.5 Å². The number of nitrogens with zero attached hydrogens (tertiary/aromatic N) is 5. The zero-order valence-corrected chi connectivity index (χ0v) is 14.5. The number of hydrogen-bond acceptors (Lipinski definition) is 4. The van der Waals surface area contributed by atoms with Crippen LogP contribution >= 0.6 is 0 Å². The fourth-order valence-corrected chi connectivity index (χ4v) is 3.50. The first kappa shape index (κ1) is 15.7. The molecular weight excluding hydrogens is 314 g/mol. The predicted molar refractivity (Wildman–Crippen MR) is 95.8 cm³/mol. The van der Waals surface area contributed by atoms with Crippen LogP contribution in [0, 0.1) is 0 Å². The minimum Gasteiger partial charge on any atom is -0.336 e. The number of para-hydroxylation sites is 1. The molecule has 3 aromatic rings. The van der Waals surface area contributed by atoms with Crippen LogP contribution < -0.4 is 0 Å². The van der Waals surface area contributed by atoms with E-state index in [-0.39, 0.29) is 18.0 Å². The number of likely N-dealkylation sites (tertiary alicyclic amines) is 1. The first-order valence-electron chi connectivity index (χ1n) is 8.60. The Hall–Kier alpha value is -2.76. The van der Waals surface area contributed by atoms with Gasteiger partial charge in [0.15, 0.2) is 0 Å². The molecular formula is C19H21N5O. The van der Waals surface area contributed by atoms with Crippen LogP contribution in [0.15, 0.2) is 42.6 Å². The summed E-state index contributed by atoms with van der Waals surface area (Å²) in [5.74, 6) is 0.0884. The number of rotatable bonds is 3. The second-order valence-electron chi connectivity index (χ2n) is 7.15. The summed E-state index contributed by atoms with van der Waals surface area (Å²) in [6, 6.07) is 11.9. The van der Waals surface area contributed by atoms with E-state index in [1.54, 1.807) is 10.9 Å². The third-order valence-electron chi connectivity index (χ3n) is 4.90. The van der Waals surface area contributed by atoms with Crippen molar-refractivity contribution in [3.05, 3.63) is 42.6 Å². The van der Waals surface area contributed by atoms with E-state index >= 15 is 0 Å². The maximum atomic E-state index is 12.6. The quantitative estimate of drug-likeness (QED) is 0.738. The SMILES string of the molecule is CC1(C)CCCN1C(=O)Cn1cc(-c2ccc3ccccc3n2)nn1. The third kappa shape index (κ3) is 2.99. The molecule has 0 radical (unpaired) electrons. The summed E-state index contributed by atoms with van der Waals surface area (Å²) in [6.45, 7) is 5.26. The molecule has 0 saturated carbocycles. The normalized spacial score (nSPS) is 16.5. The lowest BCUT2D eigenvalue weighted by molar-refractivity contribution is -0.135. The Balaban J connectivity index is 1.54. The first-order valence-corrected chi connectivity index (χ1v) is 8.60. The maximum Gasteiger partial charge on any atom is 0.244 e. The van der Waals surface area contributed by atoms with Crippen molar-refractivity contribution in [2.75, 3.05) is 6.54 Å². The van der Waals surface area contributed by atoms with Gasteiger partial charge in [0.2, 0.25) is 5.91 Å². The van der Waals surface area contributed by atoms with Gasteiger partial charge >= 0.3 is 0 Å². The number of benzene rings is 1. The molecule has 1 amide bonds. The van der Waals surface area contributed by atoms with E-state index in [0.717, 1.165) is 36.0 Å². The van der Waals surface area contributed by atoms with Crippen molar-refractivity contribution in [1.29, 1.82) is 0 Å². The lowest BCUT2D eigenvalue weighted by Gasteiger charge is -2.31. The second-order valence-corrected chi connectivity index (χ2v) is 7.15. The molecule has 1 aliphatic rings. The molecule has 1 fully saturated rings. The smallest absolute Gasteiger partial charge is 0.244 e. The van der Waals surface area contributed by atoms with Crippen LogP contribution in [0.25, 0.3) is 22.3 Å². The Morgan fingerprint density at radius 1 is 1.16 bits per heavy atom. The number of carbonyl (C=O) groups is 1. The maximum absolute atomic E-state index is 12.6. The molecule has 4 rings (SSSR count). The van der Waals surface area contributed by atoms with E-state index in [4.69, 9.17) is 0 Å². The topological polar surface area (TPSA) is 63.9 Å². The van der Waals surface area contributed by atoms with E-state index in [1.165, 1.54) is 0 Å². The van der Waals surface area contributed by atoms with Crippen molar-refractivity contribution in [1.82, 2.24) is 24.9 Å². The van der Waals surface area contributed by atoms with Crippen LogP contribution in [0.2, 0.25) is 0 Å².